The molecule has 3 nitrogen and oxygen atoms in total. The summed E-state index contributed by atoms with van der Waals surface area (Å²) in [5.74, 6) is -0.145. The van der Waals surface area contributed by atoms with Gasteiger partial charge in [-0.25, -0.2) is 9.79 Å². The van der Waals surface area contributed by atoms with Gasteiger partial charge in [-0.3, -0.25) is 0 Å². The second-order valence-electron chi connectivity index (χ2n) is 4.73. The summed E-state index contributed by atoms with van der Waals surface area (Å²) in [5.41, 5.74) is 2.85. The van der Waals surface area contributed by atoms with Crippen LogP contribution in [0.1, 0.15) is 16.7 Å². The minimum absolute atomic E-state index is 0.250. The highest BCUT2D eigenvalue weighted by molar-refractivity contribution is 6.32. The van der Waals surface area contributed by atoms with Gasteiger partial charge in [-0.05, 0) is 36.8 Å². The molecule has 3 rings (SSSR count). The second-order valence-corrected chi connectivity index (χ2v) is 5.13. The molecule has 2 aromatic carbocycles. The fourth-order valence-electron chi connectivity index (χ4n) is 2.05. The molecule has 0 fully saturated rings. The van der Waals surface area contributed by atoms with Gasteiger partial charge in [0, 0.05) is 10.6 Å². The number of hydrogen-bond acceptors (Lipinski definition) is 3. The van der Waals surface area contributed by atoms with Crippen molar-refractivity contribution in [2.75, 3.05) is 0 Å². The van der Waals surface area contributed by atoms with E-state index in [1.165, 1.54) is 0 Å². The zero-order valence-corrected chi connectivity index (χ0v) is 12.1. The average molecular weight is 298 g/mol. The molecule has 4 heteroatoms. The fraction of sp³-hybridized carbons (Fsp3) is 0.0588. The predicted octanol–water partition coefficient (Wildman–Crippen LogP) is 3.99. The molecule has 0 radical (unpaired) electrons. The Morgan fingerprint density at radius 2 is 1.95 bits per heavy atom. The van der Waals surface area contributed by atoms with Crippen molar-refractivity contribution in [3.8, 4) is 0 Å². The lowest BCUT2D eigenvalue weighted by atomic mass is 10.1. The zero-order chi connectivity index (χ0) is 14.8. The first-order valence-corrected chi connectivity index (χ1v) is 6.85. The van der Waals surface area contributed by atoms with E-state index in [4.69, 9.17) is 16.3 Å². The number of aryl methyl sites for hydroxylation is 1. The van der Waals surface area contributed by atoms with E-state index in [0.717, 1.165) is 16.7 Å². The molecule has 104 valence electrons. The Labute approximate surface area is 127 Å². The summed E-state index contributed by atoms with van der Waals surface area (Å²) >= 11 is 6.08. The quantitative estimate of drug-likeness (QED) is 0.621. The molecule has 0 atom stereocenters. The molecule has 0 saturated carbocycles. The summed E-state index contributed by atoms with van der Waals surface area (Å²) < 4.78 is 5.23. The molecule has 0 aliphatic carbocycles. The van der Waals surface area contributed by atoms with Gasteiger partial charge in [-0.15, -0.1) is 0 Å². The highest BCUT2D eigenvalue weighted by Crippen LogP contribution is 2.23. The van der Waals surface area contributed by atoms with Crippen molar-refractivity contribution >= 4 is 29.5 Å². The van der Waals surface area contributed by atoms with Crippen LogP contribution in [0, 0.1) is 6.92 Å². The van der Waals surface area contributed by atoms with Crippen molar-refractivity contribution in [1.82, 2.24) is 0 Å². The van der Waals surface area contributed by atoms with Crippen LogP contribution in [0.5, 0.6) is 0 Å². The van der Waals surface area contributed by atoms with Crippen LogP contribution in [0.25, 0.3) is 6.08 Å². The number of halogens is 1. The normalized spacial score (nSPS) is 16.0. The molecule has 1 heterocycles. The number of esters is 1. The number of carbonyl (C=O) groups excluding carboxylic acids is 1. The van der Waals surface area contributed by atoms with Crippen molar-refractivity contribution in [2.45, 2.75) is 6.92 Å². The number of nitrogens with zero attached hydrogens (tertiary/aromatic N) is 1. The van der Waals surface area contributed by atoms with Crippen LogP contribution in [0.4, 0.5) is 0 Å². The number of rotatable bonds is 2. The van der Waals surface area contributed by atoms with Gasteiger partial charge in [0.15, 0.2) is 5.70 Å². The lowest BCUT2D eigenvalue weighted by molar-refractivity contribution is -0.129. The van der Waals surface area contributed by atoms with Gasteiger partial charge in [0.2, 0.25) is 5.90 Å². The maximum Gasteiger partial charge on any atom is 0.363 e. The Morgan fingerprint density at radius 1 is 1.14 bits per heavy atom. The van der Waals surface area contributed by atoms with Crippen LogP contribution in [0.3, 0.4) is 0 Å². The van der Waals surface area contributed by atoms with E-state index in [1.807, 2.05) is 49.4 Å². The third-order valence-electron chi connectivity index (χ3n) is 3.08. The maximum atomic E-state index is 11.9. The van der Waals surface area contributed by atoms with Gasteiger partial charge >= 0.3 is 5.97 Å². The van der Waals surface area contributed by atoms with E-state index in [1.54, 1.807) is 12.1 Å². The summed E-state index contributed by atoms with van der Waals surface area (Å²) in [6.45, 7) is 1.97. The summed E-state index contributed by atoms with van der Waals surface area (Å²) in [6, 6.07) is 14.9. The molecule has 0 aromatic heterocycles. The number of benzene rings is 2. The zero-order valence-electron chi connectivity index (χ0n) is 11.3. The van der Waals surface area contributed by atoms with E-state index in [2.05, 4.69) is 4.99 Å². The average Bonchev–Trinajstić information content (AvgIpc) is 2.83. The summed E-state index contributed by atoms with van der Waals surface area (Å²) in [4.78, 5) is 16.2. The number of carbonyl (C=O) groups is 1. The molecular weight excluding hydrogens is 286 g/mol. The highest BCUT2D eigenvalue weighted by atomic mass is 35.5. The summed E-state index contributed by atoms with van der Waals surface area (Å²) in [6.07, 6.45) is 1.63. The third kappa shape index (κ3) is 2.88. The van der Waals surface area contributed by atoms with Gasteiger partial charge in [0.25, 0.3) is 0 Å². The molecular formula is C17H12ClNO2. The molecule has 0 saturated heterocycles. The van der Waals surface area contributed by atoms with Crippen LogP contribution >= 0.6 is 11.6 Å². The smallest absolute Gasteiger partial charge is 0.363 e. The minimum Gasteiger partial charge on any atom is -0.402 e. The topological polar surface area (TPSA) is 38.7 Å². The standard InChI is InChI=1S/C17H12ClNO2/c1-11-5-4-7-13(9-11)16-19-15(17(20)21-16)10-12-6-2-3-8-14(12)18/h2-10H,1H3/b15-10-. The first kappa shape index (κ1) is 13.6. The molecule has 0 N–H and O–H groups in total. The number of ether oxygens (including phenoxy) is 1. The van der Waals surface area contributed by atoms with Crippen LogP contribution < -0.4 is 0 Å². The first-order valence-electron chi connectivity index (χ1n) is 6.47. The lowest BCUT2D eigenvalue weighted by Gasteiger charge is -1.99. The van der Waals surface area contributed by atoms with Crippen molar-refractivity contribution in [3.63, 3.8) is 0 Å². The Bertz CT molecular complexity index is 778. The van der Waals surface area contributed by atoms with Crippen LogP contribution in [0.15, 0.2) is 59.2 Å². The largest absolute Gasteiger partial charge is 0.402 e. The van der Waals surface area contributed by atoms with E-state index < -0.39 is 5.97 Å². The SMILES string of the molecule is Cc1cccc(C2=N/C(=C\c3ccccc3Cl)C(=O)O2)c1. The number of cyclic esters (lactones) is 1. The van der Waals surface area contributed by atoms with E-state index in [9.17, 15) is 4.79 Å². The Morgan fingerprint density at radius 3 is 2.71 bits per heavy atom. The third-order valence-corrected chi connectivity index (χ3v) is 3.43. The van der Waals surface area contributed by atoms with Crippen molar-refractivity contribution in [1.29, 1.82) is 0 Å². The molecule has 0 unspecified atom stereocenters. The van der Waals surface area contributed by atoms with Gasteiger partial charge in [-0.2, -0.15) is 0 Å². The van der Waals surface area contributed by atoms with Crippen LogP contribution in [-0.2, 0) is 9.53 Å². The molecule has 2 aromatic rings. The van der Waals surface area contributed by atoms with Gasteiger partial charge < -0.3 is 4.74 Å². The van der Waals surface area contributed by atoms with E-state index in [-0.39, 0.29) is 5.70 Å². The van der Waals surface area contributed by atoms with Crippen LogP contribution in [-0.4, -0.2) is 11.9 Å². The Balaban J connectivity index is 1.98. The predicted molar refractivity (Wildman–Crippen MR) is 83.2 cm³/mol. The highest BCUT2D eigenvalue weighted by Gasteiger charge is 2.24. The van der Waals surface area contributed by atoms with Gasteiger partial charge in [0.1, 0.15) is 0 Å². The summed E-state index contributed by atoms with van der Waals surface area (Å²) in [5, 5.41) is 0.567. The van der Waals surface area contributed by atoms with Crippen molar-refractivity contribution in [2.24, 2.45) is 4.99 Å². The molecule has 0 amide bonds. The number of aliphatic imine (C=N–C) groups is 1. The molecule has 0 spiro atoms. The van der Waals surface area contributed by atoms with Crippen molar-refractivity contribution in [3.05, 3.63) is 75.9 Å². The fourth-order valence-corrected chi connectivity index (χ4v) is 2.24. The second kappa shape index (κ2) is 5.54. The molecule has 0 bridgehead atoms. The van der Waals surface area contributed by atoms with Crippen molar-refractivity contribution < 1.29 is 9.53 Å². The maximum absolute atomic E-state index is 11.9. The molecule has 1 aliphatic rings. The number of hydrogen-bond donors (Lipinski definition) is 0. The lowest BCUT2D eigenvalue weighted by Crippen LogP contribution is -2.05. The van der Waals surface area contributed by atoms with Gasteiger partial charge in [-0.1, -0.05) is 47.5 Å². The Hall–Kier alpha value is -2.39. The first-order chi connectivity index (χ1) is 10.1. The molecule has 21 heavy (non-hydrogen) atoms. The summed E-state index contributed by atoms with van der Waals surface area (Å²) in [7, 11) is 0. The van der Waals surface area contributed by atoms with Crippen LogP contribution in [0.2, 0.25) is 5.02 Å². The minimum atomic E-state index is -0.466. The van der Waals surface area contributed by atoms with E-state index in [0.29, 0.717) is 10.9 Å². The molecule has 1 aliphatic heterocycles. The monoisotopic (exact) mass is 297 g/mol. The van der Waals surface area contributed by atoms with E-state index >= 15 is 0 Å². The Kier molecular flexibility index (Phi) is 3.59. The van der Waals surface area contributed by atoms with Gasteiger partial charge in [0.05, 0.1) is 0 Å².